The van der Waals surface area contributed by atoms with Gasteiger partial charge in [-0.05, 0) is 36.5 Å². The van der Waals surface area contributed by atoms with Crippen molar-refractivity contribution < 1.29 is 9.59 Å². The first kappa shape index (κ1) is 14.6. The van der Waals surface area contributed by atoms with E-state index in [1.807, 2.05) is 19.1 Å². The molecule has 1 saturated carbocycles. The first-order valence-corrected chi connectivity index (χ1v) is 8.24. The van der Waals surface area contributed by atoms with Crippen LogP contribution in [0.4, 0.5) is 0 Å². The summed E-state index contributed by atoms with van der Waals surface area (Å²) in [6, 6.07) is 7.85. The number of rotatable bonds is 3. The van der Waals surface area contributed by atoms with Crippen molar-refractivity contribution in [1.29, 1.82) is 0 Å². The fraction of sp³-hybridized carbons (Fsp3) is 0.500. The van der Waals surface area contributed by atoms with Gasteiger partial charge >= 0.3 is 0 Å². The Morgan fingerprint density at radius 2 is 2.29 bits per heavy atom. The van der Waals surface area contributed by atoms with Gasteiger partial charge in [0.25, 0.3) is 0 Å². The molecular weight excluding hydrogens is 332 g/mol. The van der Waals surface area contributed by atoms with Gasteiger partial charge in [-0.1, -0.05) is 35.0 Å². The molecule has 1 saturated heterocycles. The first-order chi connectivity index (χ1) is 10.1. The summed E-state index contributed by atoms with van der Waals surface area (Å²) in [7, 11) is 0. The summed E-state index contributed by atoms with van der Waals surface area (Å²) in [6.07, 6.45) is 1.57. The standard InChI is InChI=1S/C16H19BrN2O2/c1-2-14-15(20)18-6-7-19(14)16(21)13-9-12(13)10-4-3-5-11(17)8-10/h3-5,8,12-14H,2,6-7,9H2,1H3,(H,18,20). The van der Waals surface area contributed by atoms with Crippen LogP contribution in [0.2, 0.25) is 0 Å². The molecule has 3 atom stereocenters. The molecule has 1 heterocycles. The molecule has 0 spiro atoms. The maximum Gasteiger partial charge on any atom is 0.242 e. The molecule has 2 amide bonds. The van der Waals surface area contributed by atoms with Crippen LogP contribution in [0.25, 0.3) is 0 Å². The van der Waals surface area contributed by atoms with Crippen molar-refractivity contribution in [3.8, 4) is 0 Å². The topological polar surface area (TPSA) is 49.4 Å². The molecule has 2 fully saturated rings. The van der Waals surface area contributed by atoms with Crippen molar-refractivity contribution in [3.05, 3.63) is 34.3 Å². The molecule has 3 rings (SSSR count). The molecule has 1 aromatic carbocycles. The third kappa shape index (κ3) is 2.84. The molecule has 3 unspecified atom stereocenters. The minimum atomic E-state index is -0.296. The third-order valence-corrected chi connectivity index (χ3v) is 4.88. The van der Waals surface area contributed by atoms with E-state index in [1.54, 1.807) is 4.90 Å². The van der Waals surface area contributed by atoms with Gasteiger partial charge in [-0.25, -0.2) is 0 Å². The van der Waals surface area contributed by atoms with E-state index >= 15 is 0 Å². The van der Waals surface area contributed by atoms with Crippen molar-refractivity contribution in [2.45, 2.75) is 31.7 Å². The molecule has 1 N–H and O–H groups in total. The molecule has 4 nitrogen and oxygen atoms in total. The highest BCUT2D eigenvalue weighted by Gasteiger charge is 2.48. The average Bonchev–Trinajstić information content (AvgIpc) is 3.26. The molecule has 21 heavy (non-hydrogen) atoms. The molecule has 0 aromatic heterocycles. The van der Waals surface area contributed by atoms with Crippen LogP contribution >= 0.6 is 15.9 Å². The van der Waals surface area contributed by atoms with Gasteiger partial charge in [-0.3, -0.25) is 9.59 Å². The van der Waals surface area contributed by atoms with E-state index in [4.69, 9.17) is 0 Å². The second-order valence-electron chi connectivity index (χ2n) is 5.75. The summed E-state index contributed by atoms with van der Waals surface area (Å²) in [4.78, 5) is 26.3. The van der Waals surface area contributed by atoms with E-state index in [2.05, 4.69) is 33.4 Å². The highest BCUT2D eigenvalue weighted by molar-refractivity contribution is 9.10. The Balaban J connectivity index is 1.71. The van der Waals surface area contributed by atoms with Crippen molar-refractivity contribution in [1.82, 2.24) is 10.2 Å². The van der Waals surface area contributed by atoms with E-state index in [9.17, 15) is 9.59 Å². The van der Waals surface area contributed by atoms with Crippen LogP contribution in [0.5, 0.6) is 0 Å². The van der Waals surface area contributed by atoms with Crippen LogP contribution in [0.1, 0.15) is 31.2 Å². The largest absolute Gasteiger partial charge is 0.353 e. The summed E-state index contributed by atoms with van der Waals surface area (Å²) in [5.74, 6) is 0.468. The normalized spacial score (nSPS) is 28.2. The van der Waals surface area contributed by atoms with Crippen LogP contribution in [-0.4, -0.2) is 35.8 Å². The van der Waals surface area contributed by atoms with Gasteiger partial charge < -0.3 is 10.2 Å². The second kappa shape index (κ2) is 5.79. The summed E-state index contributed by atoms with van der Waals surface area (Å²) < 4.78 is 1.04. The van der Waals surface area contributed by atoms with Gasteiger partial charge in [0.05, 0.1) is 0 Å². The quantitative estimate of drug-likeness (QED) is 0.909. The lowest BCUT2D eigenvalue weighted by molar-refractivity contribution is -0.144. The Morgan fingerprint density at radius 3 is 3.00 bits per heavy atom. The van der Waals surface area contributed by atoms with E-state index in [1.165, 1.54) is 5.56 Å². The fourth-order valence-electron chi connectivity index (χ4n) is 3.17. The highest BCUT2D eigenvalue weighted by Crippen LogP contribution is 2.49. The van der Waals surface area contributed by atoms with E-state index < -0.39 is 0 Å². The second-order valence-corrected chi connectivity index (χ2v) is 6.67. The number of carbonyl (C=O) groups excluding carboxylic acids is 2. The van der Waals surface area contributed by atoms with Crippen LogP contribution in [0.15, 0.2) is 28.7 Å². The number of piperazine rings is 1. The first-order valence-electron chi connectivity index (χ1n) is 7.45. The zero-order chi connectivity index (χ0) is 15.0. The molecule has 0 radical (unpaired) electrons. The van der Waals surface area contributed by atoms with Crippen molar-refractivity contribution in [2.75, 3.05) is 13.1 Å². The van der Waals surface area contributed by atoms with E-state index in [0.717, 1.165) is 10.9 Å². The molecule has 0 bridgehead atoms. The van der Waals surface area contributed by atoms with E-state index in [-0.39, 0.29) is 23.8 Å². The van der Waals surface area contributed by atoms with Gasteiger partial charge in [0, 0.05) is 23.5 Å². The Hall–Kier alpha value is -1.36. The van der Waals surface area contributed by atoms with Crippen LogP contribution in [-0.2, 0) is 9.59 Å². The maximum atomic E-state index is 12.7. The number of hydrogen-bond donors (Lipinski definition) is 1. The van der Waals surface area contributed by atoms with Crippen LogP contribution < -0.4 is 5.32 Å². The fourth-order valence-corrected chi connectivity index (χ4v) is 3.59. The summed E-state index contributed by atoms with van der Waals surface area (Å²) in [5.41, 5.74) is 1.21. The summed E-state index contributed by atoms with van der Waals surface area (Å²) in [6.45, 7) is 3.15. The number of nitrogens with zero attached hydrogens (tertiary/aromatic N) is 1. The monoisotopic (exact) mass is 350 g/mol. The minimum Gasteiger partial charge on any atom is -0.353 e. The zero-order valence-electron chi connectivity index (χ0n) is 12.0. The Kier molecular flexibility index (Phi) is 4.02. The number of halogens is 1. The van der Waals surface area contributed by atoms with Gasteiger partial charge in [-0.2, -0.15) is 0 Å². The Morgan fingerprint density at radius 1 is 1.48 bits per heavy atom. The minimum absolute atomic E-state index is 0.0169. The van der Waals surface area contributed by atoms with Crippen molar-refractivity contribution in [3.63, 3.8) is 0 Å². The highest BCUT2D eigenvalue weighted by atomic mass is 79.9. The zero-order valence-corrected chi connectivity index (χ0v) is 13.6. The van der Waals surface area contributed by atoms with E-state index in [0.29, 0.717) is 25.4 Å². The SMILES string of the molecule is CCC1C(=O)NCCN1C(=O)C1CC1c1cccc(Br)c1. The molecule has 112 valence electrons. The molecule has 1 aromatic rings. The van der Waals surface area contributed by atoms with Gasteiger partial charge in [0.2, 0.25) is 11.8 Å². The van der Waals surface area contributed by atoms with Crippen molar-refractivity contribution in [2.24, 2.45) is 5.92 Å². The average molecular weight is 351 g/mol. The number of hydrogen-bond acceptors (Lipinski definition) is 2. The summed E-state index contributed by atoms with van der Waals surface area (Å²) in [5, 5.41) is 2.84. The lowest BCUT2D eigenvalue weighted by Crippen LogP contribution is -2.57. The maximum absolute atomic E-state index is 12.7. The van der Waals surface area contributed by atoms with Crippen LogP contribution in [0, 0.1) is 5.92 Å². The lowest BCUT2D eigenvalue weighted by Gasteiger charge is -2.34. The molecule has 2 aliphatic rings. The molecule has 5 heteroatoms. The van der Waals surface area contributed by atoms with Gasteiger partial charge in [-0.15, -0.1) is 0 Å². The predicted molar refractivity (Wildman–Crippen MR) is 83.8 cm³/mol. The number of benzene rings is 1. The predicted octanol–water partition coefficient (Wildman–Crippen LogP) is 2.29. The Bertz CT molecular complexity index is 575. The number of nitrogens with one attached hydrogen (secondary N) is 1. The van der Waals surface area contributed by atoms with Gasteiger partial charge in [0.1, 0.15) is 6.04 Å². The van der Waals surface area contributed by atoms with Crippen LogP contribution in [0.3, 0.4) is 0 Å². The molecule has 1 aliphatic heterocycles. The number of carbonyl (C=O) groups is 2. The molecular formula is C16H19BrN2O2. The Labute approximate surface area is 133 Å². The smallest absolute Gasteiger partial charge is 0.242 e. The summed E-state index contributed by atoms with van der Waals surface area (Å²) >= 11 is 3.47. The lowest BCUT2D eigenvalue weighted by atomic mass is 10.1. The number of amides is 2. The molecule has 1 aliphatic carbocycles. The third-order valence-electron chi connectivity index (χ3n) is 4.39. The van der Waals surface area contributed by atoms with Crippen molar-refractivity contribution >= 4 is 27.7 Å². The van der Waals surface area contributed by atoms with Gasteiger partial charge in [0.15, 0.2) is 0 Å².